The molecule has 0 saturated heterocycles. The molecule has 6 heteroatoms. The summed E-state index contributed by atoms with van der Waals surface area (Å²) in [6.45, 7) is 0.657. The van der Waals surface area contributed by atoms with Crippen molar-refractivity contribution in [3.05, 3.63) is 42.0 Å². The molecule has 0 radical (unpaired) electrons. The molecule has 0 bridgehead atoms. The Kier molecular flexibility index (Phi) is 4.37. The van der Waals surface area contributed by atoms with E-state index in [0.717, 1.165) is 5.69 Å². The average Bonchev–Trinajstić information content (AvgIpc) is 2.92. The number of hydrogen-bond donors (Lipinski definition) is 2. The number of furan rings is 1. The molecular weight excluding hydrogens is 246 g/mol. The molecule has 0 spiro atoms. The molecule has 2 aromatic heterocycles. The van der Waals surface area contributed by atoms with Gasteiger partial charge < -0.3 is 19.6 Å². The molecule has 19 heavy (non-hydrogen) atoms. The molecule has 0 aliphatic carbocycles. The maximum absolute atomic E-state index is 8.63. The maximum Gasteiger partial charge on any atom is 0.213 e. The third kappa shape index (κ3) is 3.72. The lowest BCUT2D eigenvalue weighted by molar-refractivity contribution is 0.196. The predicted molar refractivity (Wildman–Crippen MR) is 67.6 cm³/mol. The summed E-state index contributed by atoms with van der Waals surface area (Å²) in [5.74, 6) is 1.43. The highest BCUT2D eigenvalue weighted by molar-refractivity contribution is 5.42. The van der Waals surface area contributed by atoms with Crippen LogP contribution in [0.25, 0.3) is 0 Å². The van der Waals surface area contributed by atoms with Crippen LogP contribution in [0.2, 0.25) is 0 Å². The molecule has 2 heterocycles. The Bertz CT molecular complexity index is 557. The number of aromatic nitrogens is 1. The van der Waals surface area contributed by atoms with Gasteiger partial charge in [0.2, 0.25) is 11.6 Å². The van der Waals surface area contributed by atoms with Crippen molar-refractivity contribution in [1.82, 2.24) is 4.98 Å². The fourth-order valence-corrected chi connectivity index (χ4v) is 1.44. The smallest absolute Gasteiger partial charge is 0.213 e. The molecule has 98 valence electrons. The minimum absolute atomic E-state index is 0.0403. The van der Waals surface area contributed by atoms with Crippen LogP contribution in [0, 0.1) is 11.3 Å². The Labute approximate surface area is 110 Å². The molecule has 0 atom stereocenters. The van der Waals surface area contributed by atoms with Crippen LogP contribution in [0.3, 0.4) is 0 Å². The van der Waals surface area contributed by atoms with Gasteiger partial charge in [-0.15, -0.1) is 0 Å². The van der Waals surface area contributed by atoms with Crippen LogP contribution in [0.1, 0.15) is 11.5 Å². The van der Waals surface area contributed by atoms with E-state index in [1.165, 1.54) is 0 Å². The third-order valence-electron chi connectivity index (χ3n) is 2.32. The Balaban J connectivity index is 1.87. The van der Waals surface area contributed by atoms with E-state index < -0.39 is 0 Å². The molecule has 0 saturated carbocycles. The van der Waals surface area contributed by atoms with Gasteiger partial charge >= 0.3 is 0 Å². The number of ether oxygens (including phenoxy) is 1. The third-order valence-corrected chi connectivity index (χ3v) is 2.32. The summed E-state index contributed by atoms with van der Waals surface area (Å²) in [6, 6.07) is 8.83. The van der Waals surface area contributed by atoms with Gasteiger partial charge in [0.15, 0.2) is 0 Å². The SMILES string of the molecule is N#Cc1ccc(CNc2ccc(OCCO)nc2)o1. The Morgan fingerprint density at radius 2 is 2.26 bits per heavy atom. The van der Waals surface area contributed by atoms with E-state index in [0.29, 0.717) is 23.9 Å². The molecule has 2 aromatic rings. The second-order valence-electron chi connectivity index (χ2n) is 3.69. The van der Waals surface area contributed by atoms with Gasteiger partial charge in [-0.05, 0) is 18.2 Å². The molecule has 2 N–H and O–H groups in total. The van der Waals surface area contributed by atoms with Crippen molar-refractivity contribution in [2.75, 3.05) is 18.5 Å². The first-order valence-electron chi connectivity index (χ1n) is 5.74. The number of aliphatic hydroxyl groups is 1. The van der Waals surface area contributed by atoms with Gasteiger partial charge in [0.05, 0.1) is 25.0 Å². The summed E-state index contributed by atoms with van der Waals surface area (Å²) in [5.41, 5.74) is 0.811. The van der Waals surface area contributed by atoms with Crippen LogP contribution in [0.5, 0.6) is 5.88 Å². The zero-order valence-electron chi connectivity index (χ0n) is 10.2. The van der Waals surface area contributed by atoms with E-state index in [2.05, 4.69) is 10.3 Å². The Morgan fingerprint density at radius 1 is 1.37 bits per heavy atom. The largest absolute Gasteiger partial charge is 0.475 e. The Morgan fingerprint density at radius 3 is 2.89 bits per heavy atom. The van der Waals surface area contributed by atoms with Crippen LogP contribution < -0.4 is 10.1 Å². The van der Waals surface area contributed by atoms with Gasteiger partial charge in [-0.3, -0.25) is 0 Å². The summed E-state index contributed by atoms with van der Waals surface area (Å²) in [5, 5.41) is 20.4. The Hall–Kier alpha value is -2.52. The first-order chi connectivity index (χ1) is 9.31. The zero-order chi connectivity index (χ0) is 13.5. The quantitative estimate of drug-likeness (QED) is 0.817. The number of nitrogens with zero attached hydrogens (tertiary/aromatic N) is 2. The maximum atomic E-state index is 8.63. The van der Waals surface area contributed by atoms with E-state index in [4.69, 9.17) is 19.5 Å². The van der Waals surface area contributed by atoms with Crippen LogP contribution in [-0.4, -0.2) is 23.3 Å². The van der Waals surface area contributed by atoms with E-state index in [9.17, 15) is 0 Å². The van der Waals surface area contributed by atoms with Crippen molar-refractivity contribution in [2.24, 2.45) is 0 Å². The molecule has 0 fully saturated rings. The highest BCUT2D eigenvalue weighted by Gasteiger charge is 2.01. The van der Waals surface area contributed by atoms with Crippen LogP contribution in [0.4, 0.5) is 5.69 Å². The molecule has 6 nitrogen and oxygen atoms in total. The first kappa shape index (κ1) is 12.9. The zero-order valence-corrected chi connectivity index (χ0v) is 10.2. The van der Waals surface area contributed by atoms with Gasteiger partial charge in [0.25, 0.3) is 0 Å². The number of hydrogen-bond acceptors (Lipinski definition) is 6. The number of anilines is 1. The van der Waals surface area contributed by atoms with Crippen molar-refractivity contribution in [3.8, 4) is 11.9 Å². The fourth-order valence-electron chi connectivity index (χ4n) is 1.44. The standard InChI is InChI=1S/C13H13N3O3/c14-7-11-2-3-12(19-11)9-15-10-1-4-13(16-8-10)18-6-5-17/h1-4,8,15,17H,5-6,9H2. The van der Waals surface area contributed by atoms with E-state index in [1.807, 2.05) is 12.1 Å². The molecule has 0 aliphatic heterocycles. The van der Waals surface area contributed by atoms with Crippen LogP contribution >= 0.6 is 0 Å². The predicted octanol–water partition coefficient (Wildman–Crippen LogP) is 1.53. The molecular formula is C13H13N3O3. The van der Waals surface area contributed by atoms with Gasteiger partial charge in [0.1, 0.15) is 18.4 Å². The summed E-state index contributed by atoms with van der Waals surface area (Å²) >= 11 is 0. The highest BCUT2D eigenvalue weighted by atomic mass is 16.5. The van der Waals surface area contributed by atoms with Crippen LogP contribution in [-0.2, 0) is 6.54 Å². The number of pyridine rings is 1. The highest BCUT2D eigenvalue weighted by Crippen LogP contribution is 2.13. The number of nitrogens with one attached hydrogen (secondary N) is 1. The van der Waals surface area contributed by atoms with Gasteiger partial charge in [-0.2, -0.15) is 5.26 Å². The molecule has 0 unspecified atom stereocenters. The molecule has 2 rings (SSSR count). The van der Waals surface area contributed by atoms with Crippen LogP contribution in [0.15, 0.2) is 34.9 Å². The van der Waals surface area contributed by atoms with Crippen molar-refractivity contribution in [3.63, 3.8) is 0 Å². The normalized spacial score (nSPS) is 9.89. The van der Waals surface area contributed by atoms with E-state index in [1.54, 1.807) is 24.4 Å². The van der Waals surface area contributed by atoms with Crippen molar-refractivity contribution >= 4 is 5.69 Å². The second kappa shape index (κ2) is 6.42. The lowest BCUT2D eigenvalue weighted by atomic mass is 10.4. The lowest BCUT2D eigenvalue weighted by Crippen LogP contribution is -2.03. The molecule has 0 amide bonds. The number of aliphatic hydroxyl groups excluding tert-OH is 1. The van der Waals surface area contributed by atoms with E-state index in [-0.39, 0.29) is 13.2 Å². The fraction of sp³-hybridized carbons (Fsp3) is 0.231. The van der Waals surface area contributed by atoms with Gasteiger partial charge in [-0.25, -0.2) is 4.98 Å². The second-order valence-corrected chi connectivity index (χ2v) is 3.69. The molecule has 0 aromatic carbocycles. The van der Waals surface area contributed by atoms with Crippen molar-refractivity contribution in [2.45, 2.75) is 6.54 Å². The van der Waals surface area contributed by atoms with Crippen molar-refractivity contribution < 1.29 is 14.3 Å². The van der Waals surface area contributed by atoms with Gasteiger partial charge in [0, 0.05) is 6.07 Å². The van der Waals surface area contributed by atoms with Gasteiger partial charge in [-0.1, -0.05) is 0 Å². The average molecular weight is 259 g/mol. The monoisotopic (exact) mass is 259 g/mol. The number of rotatable bonds is 6. The van der Waals surface area contributed by atoms with E-state index >= 15 is 0 Å². The minimum Gasteiger partial charge on any atom is -0.475 e. The summed E-state index contributed by atoms with van der Waals surface area (Å²) in [7, 11) is 0. The summed E-state index contributed by atoms with van der Waals surface area (Å²) in [4.78, 5) is 4.07. The topological polar surface area (TPSA) is 91.3 Å². The first-order valence-corrected chi connectivity index (χ1v) is 5.74. The molecule has 0 aliphatic rings. The van der Waals surface area contributed by atoms with Crippen molar-refractivity contribution in [1.29, 1.82) is 5.26 Å². The minimum atomic E-state index is -0.0403. The summed E-state index contributed by atoms with van der Waals surface area (Å²) < 4.78 is 10.4. The summed E-state index contributed by atoms with van der Waals surface area (Å²) in [6.07, 6.45) is 1.63. The lowest BCUT2D eigenvalue weighted by Gasteiger charge is -2.06. The number of nitriles is 1.